The van der Waals surface area contributed by atoms with Gasteiger partial charge in [-0.25, -0.2) is 4.79 Å². The standard InChI is InChI=1S/C14H19BrN2O4/c1-8(10-5-6-12(20-3)11(15)7-10)16-9(2)13(18)17-14(19)21-4/h5-9,16H,1-4H3,(H,17,18,19)/t8-,9-/m0/s1. The molecular formula is C14H19BrN2O4. The maximum Gasteiger partial charge on any atom is 0.413 e. The van der Waals surface area contributed by atoms with Crippen LogP contribution in [0.3, 0.4) is 0 Å². The van der Waals surface area contributed by atoms with Gasteiger partial charge in [0, 0.05) is 6.04 Å². The molecule has 21 heavy (non-hydrogen) atoms. The summed E-state index contributed by atoms with van der Waals surface area (Å²) in [5.41, 5.74) is 0.986. The van der Waals surface area contributed by atoms with Crippen LogP contribution in [-0.2, 0) is 9.53 Å². The number of halogens is 1. The summed E-state index contributed by atoms with van der Waals surface area (Å²) in [7, 11) is 2.80. The minimum absolute atomic E-state index is 0.0781. The Hall–Kier alpha value is -1.60. The molecule has 0 aromatic heterocycles. The number of benzene rings is 1. The van der Waals surface area contributed by atoms with Crippen LogP contribution in [0.1, 0.15) is 25.5 Å². The number of nitrogens with one attached hydrogen (secondary N) is 2. The lowest BCUT2D eigenvalue weighted by Crippen LogP contribution is -2.45. The summed E-state index contributed by atoms with van der Waals surface area (Å²) < 4.78 is 10.4. The fourth-order valence-electron chi connectivity index (χ4n) is 1.76. The van der Waals surface area contributed by atoms with Crippen LogP contribution in [0.25, 0.3) is 0 Å². The van der Waals surface area contributed by atoms with Gasteiger partial charge in [0.1, 0.15) is 5.75 Å². The van der Waals surface area contributed by atoms with E-state index in [2.05, 4.69) is 31.3 Å². The normalized spacial score (nSPS) is 13.2. The van der Waals surface area contributed by atoms with Crippen molar-refractivity contribution in [3.05, 3.63) is 28.2 Å². The van der Waals surface area contributed by atoms with E-state index in [0.717, 1.165) is 15.8 Å². The summed E-state index contributed by atoms with van der Waals surface area (Å²) >= 11 is 3.42. The second-order valence-electron chi connectivity index (χ2n) is 4.48. The average molecular weight is 359 g/mol. The molecule has 2 amide bonds. The summed E-state index contributed by atoms with van der Waals surface area (Å²) in [5.74, 6) is 0.295. The molecule has 2 atom stereocenters. The quantitative estimate of drug-likeness (QED) is 0.844. The van der Waals surface area contributed by atoms with Crippen molar-refractivity contribution in [1.82, 2.24) is 10.6 Å². The van der Waals surface area contributed by atoms with Crippen LogP contribution in [0.5, 0.6) is 5.75 Å². The highest BCUT2D eigenvalue weighted by Crippen LogP contribution is 2.28. The van der Waals surface area contributed by atoms with Crippen LogP contribution in [0.15, 0.2) is 22.7 Å². The van der Waals surface area contributed by atoms with Crippen molar-refractivity contribution < 1.29 is 19.1 Å². The number of amides is 2. The summed E-state index contributed by atoms with van der Waals surface area (Å²) in [6.07, 6.45) is -0.770. The van der Waals surface area contributed by atoms with E-state index < -0.39 is 18.0 Å². The Morgan fingerprint density at radius 2 is 1.90 bits per heavy atom. The molecule has 6 nitrogen and oxygen atoms in total. The van der Waals surface area contributed by atoms with Gasteiger partial charge in [0.2, 0.25) is 5.91 Å². The van der Waals surface area contributed by atoms with E-state index in [0.29, 0.717) is 0 Å². The molecule has 0 fully saturated rings. The smallest absolute Gasteiger partial charge is 0.413 e. The molecule has 1 rings (SSSR count). The van der Waals surface area contributed by atoms with Crippen LogP contribution in [-0.4, -0.2) is 32.3 Å². The number of hydrogen-bond acceptors (Lipinski definition) is 5. The van der Waals surface area contributed by atoms with Crippen LogP contribution in [0.4, 0.5) is 4.79 Å². The topological polar surface area (TPSA) is 76.7 Å². The maximum absolute atomic E-state index is 11.7. The van der Waals surface area contributed by atoms with Crippen LogP contribution < -0.4 is 15.4 Å². The number of alkyl carbamates (subject to hydrolysis) is 1. The van der Waals surface area contributed by atoms with Crippen molar-refractivity contribution in [3.63, 3.8) is 0 Å². The number of hydrogen-bond donors (Lipinski definition) is 2. The third-order valence-corrected chi connectivity index (χ3v) is 3.60. The lowest BCUT2D eigenvalue weighted by Gasteiger charge is -2.20. The van der Waals surface area contributed by atoms with E-state index in [4.69, 9.17) is 4.74 Å². The molecule has 0 aliphatic carbocycles. The molecule has 1 aromatic rings. The zero-order chi connectivity index (χ0) is 16.0. The maximum atomic E-state index is 11.7. The molecule has 1 aromatic carbocycles. The van der Waals surface area contributed by atoms with Gasteiger partial charge >= 0.3 is 6.09 Å². The molecule has 7 heteroatoms. The third-order valence-electron chi connectivity index (χ3n) is 2.98. The molecule has 0 radical (unpaired) electrons. The number of rotatable bonds is 5. The van der Waals surface area contributed by atoms with E-state index in [1.165, 1.54) is 7.11 Å². The number of ether oxygens (including phenoxy) is 2. The first-order chi connectivity index (χ1) is 9.88. The number of methoxy groups -OCH3 is 2. The number of carbonyl (C=O) groups excluding carboxylic acids is 2. The molecule has 0 saturated heterocycles. The molecule has 0 unspecified atom stereocenters. The molecule has 0 heterocycles. The van der Waals surface area contributed by atoms with Gasteiger partial charge in [0.25, 0.3) is 0 Å². The Morgan fingerprint density at radius 1 is 1.24 bits per heavy atom. The molecular weight excluding hydrogens is 340 g/mol. The minimum atomic E-state index is -0.770. The van der Waals surface area contributed by atoms with Crippen molar-refractivity contribution in [1.29, 1.82) is 0 Å². The van der Waals surface area contributed by atoms with Crippen molar-refractivity contribution >= 4 is 27.9 Å². The SMILES string of the molecule is COC(=O)NC(=O)[C@H](C)N[C@@H](C)c1ccc(OC)c(Br)c1. The first kappa shape index (κ1) is 17.5. The zero-order valence-electron chi connectivity index (χ0n) is 12.4. The lowest BCUT2D eigenvalue weighted by atomic mass is 10.1. The summed E-state index contributed by atoms with van der Waals surface area (Å²) in [5, 5.41) is 5.23. The zero-order valence-corrected chi connectivity index (χ0v) is 14.0. The van der Waals surface area contributed by atoms with E-state index in [-0.39, 0.29) is 6.04 Å². The van der Waals surface area contributed by atoms with Crippen molar-refractivity contribution in [2.75, 3.05) is 14.2 Å². The minimum Gasteiger partial charge on any atom is -0.496 e. The predicted octanol–water partition coefficient (Wildman–Crippen LogP) is 2.38. The van der Waals surface area contributed by atoms with Gasteiger partial charge in [-0.3, -0.25) is 15.4 Å². The highest BCUT2D eigenvalue weighted by molar-refractivity contribution is 9.10. The molecule has 116 valence electrons. The molecule has 2 N–H and O–H groups in total. The highest BCUT2D eigenvalue weighted by atomic mass is 79.9. The second-order valence-corrected chi connectivity index (χ2v) is 5.34. The molecule has 0 spiro atoms. The average Bonchev–Trinajstić information content (AvgIpc) is 2.46. The number of carbonyl (C=O) groups is 2. The van der Waals surface area contributed by atoms with E-state index >= 15 is 0 Å². The Morgan fingerprint density at radius 3 is 2.43 bits per heavy atom. The third kappa shape index (κ3) is 5.02. The highest BCUT2D eigenvalue weighted by Gasteiger charge is 2.19. The van der Waals surface area contributed by atoms with Crippen LogP contribution in [0, 0.1) is 0 Å². The summed E-state index contributed by atoms with van der Waals surface area (Å²) in [4.78, 5) is 22.7. The van der Waals surface area contributed by atoms with Crippen molar-refractivity contribution in [3.8, 4) is 5.75 Å². The van der Waals surface area contributed by atoms with Gasteiger partial charge in [-0.1, -0.05) is 6.07 Å². The van der Waals surface area contributed by atoms with Crippen molar-refractivity contribution in [2.24, 2.45) is 0 Å². The van der Waals surface area contributed by atoms with Gasteiger partial charge in [-0.2, -0.15) is 0 Å². The Balaban J connectivity index is 2.67. The fraction of sp³-hybridized carbons (Fsp3) is 0.429. The predicted molar refractivity (Wildman–Crippen MR) is 82.3 cm³/mol. The molecule has 0 saturated carbocycles. The number of imide groups is 1. The second kappa shape index (κ2) is 7.99. The van der Waals surface area contributed by atoms with E-state index in [1.54, 1.807) is 14.0 Å². The lowest BCUT2D eigenvalue weighted by molar-refractivity contribution is -0.122. The van der Waals surface area contributed by atoms with Gasteiger partial charge in [-0.15, -0.1) is 0 Å². The van der Waals surface area contributed by atoms with E-state index in [1.807, 2.05) is 25.1 Å². The molecule has 0 bridgehead atoms. The van der Waals surface area contributed by atoms with Gasteiger partial charge in [-0.05, 0) is 47.5 Å². The van der Waals surface area contributed by atoms with Crippen LogP contribution >= 0.6 is 15.9 Å². The fourth-order valence-corrected chi connectivity index (χ4v) is 2.32. The summed E-state index contributed by atoms with van der Waals surface area (Å²) in [6.45, 7) is 3.60. The van der Waals surface area contributed by atoms with Gasteiger partial charge < -0.3 is 9.47 Å². The Kier molecular flexibility index (Phi) is 6.64. The molecule has 0 aliphatic heterocycles. The Bertz CT molecular complexity index is 522. The monoisotopic (exact) mass is 358 g/mol. The Labute approximate surface area is 132 Å². The first-order valence-corrected chi connectivity index (χ1v) is 7.16. The van der Waals surface area contributed by atoms with Gasteiger partial charge in [0.15, 0.2) is 0 Å². The van der Waals surface area contributed by atoms with E-state index in [9.17, 15) is 9.59 Å². The summed E-state index contributed by atoms with van der Waals surface area (Å²) in [6, 6.07) is 5.05. The van der Waals surface area contributed by atoms with Crippen LogP contribution in [0.2, 0.25) is 0 Å². The first-order valence-electron chi connectivity index (χ1n) is 6.37. The van der Waals surface area contributed by atoms with Crippen molar-refractivity contribution in [2.45, 2.75) is 25.9 Å². The largest absolute Gasteiger partial charge is 0.496 e. The molecule has 0 aliphatic rings. The van der Waals surface area contributed by atoms with Gasteiger partial charge in [0.05, 0.1) is 24.7 Å².